The summed E-state index contributed by atoms with van der Waals surface area (Å²) in [6.45, 7) is 0. The minimum absolute atomic E-state index is 0.345. The molecule has 3 nitrogen and oxygen atoms in total. The zero-order valence-electron chi connectivity index (χ0n) is 12.5. The normalized spacial score (nSPS) is 39.8. The zero-order valence-corrected chi connectivity index (χ0v) is 12.5. The number of rotatable bonds is 3. The van der Waals surface area contributed by atoms with E-state index in [0.717, 1.165) is 23.3 Å². The fourth-order valence-electron chi connectivity index (χ4n) is 5.26. The van der Waals surface area contributed by atoms with Gasteiger partial charge in [-0.2, -0.15) is 5.26 Å². The monoisotopic (exact) mass is 282 g/mol. The van der Waals surface area contributed by atoms with E-state index in [0.29, 0.717) is 11.8 Å². The molecule has 0 aromatic heterocycles. The van der Waals surface area contributed by atoms with Crippen molar-refractivity contribution in [2.45, 2.75) is 37.6 Å². The number of nitrogens with one attached hydrogen (secondary N) is 1. The molecule has 5 rings (SSSR count). The van der Waals surface area contributed by atoms with Gasteiger partial charge in [-0.25, -0.2) is 0 Å². The Morgan fingerprint density at radius 1 is 1.05 bits per heavy atom. The Balaban J connectivity index is 1.63. The van der Waals surface area contributed by atoms with Crippen LogP contribution in [0.3, 0.4) is 0 Å². The highest BCUT2D eigenvalue weighted by Gasteiger charge is 2.57. The Morgan fingerprint density at radius 3 is 2.10 bits per heavy atom. The van der Waals surface area contributed by atoms with Gasteiger partial charge in [0, 0.05) is 5.69 Å². The van der Waals surface area contributed by atoms with Crippen LogP contribution in [0.15, 0.2) is 24.3 Å². The van der Waals surface area contributed by atoms with Crippen molar-refractivity contribution in [3.8, 4) is 11.8 Å². The number of ether oxygens (including phenoxy) is 1. The Hall–Kier alpha value is -1.69. The molecule has 4 aliphatic carbocycles. The summed E-state index contributed by atoms with van der Waals surface area (Å²) < 4.78 is 5.21. The second kappa shape index (κ2) is 4.66. The lowest BCUT2D eigenvalue weighted by Gasteiger charge is -2.58. The van der Waals surface area contributed by atoms with Crippen LogP contribution >= 0.6 is 0 Å². The third-order valence-electron chi connectivity index (χ3n) is 6.05. The first-order valence-electron chi connectivity index (χ1n) is 8.07. The lowest BCUT2D eigenvalue weighted by molar-refractivity contribution is -0.0206. The maximum absolute atomic E-state index is 9.97. The topological polar surface area (TPSA) is 45.0 Å². The first-order valence-corrected chi connectivity index (χ1v) is 8.07. The van der Waals surface area contributed by atoms with Gasteiger partial charge in [0.25, 0.3) is 0 Å². The Morgan fingerprint density at radius 2 is 1.62 bits per heavy atom. The maximum Gasteiger partial charge on any atom is 0.131 e. The highest BCUT2D eigenvalue weighted by Crippen LogP contribution is 2.58. The molecule has 0 spiro atoms. The minimum Gasteiger partial charge on any atom is -0.497 e. The SMILES string of the molecule is COc1ccc(NC2(C#N)C3CC4CC(C3)CC2C4)cc1. The predicted octanol–water partition coefficient (Wildman–Crippen LogP) is 3.83. The smallest absolute Gasteiger partial charge is 0.131 e. The van der Waals surface area contributed by atoms with Crippen molar-refractivity contribution in [3.63, 3.8) is 0 Å². The zero-order chi connectivity index (χ0) is 14.4. The maximum atomic E-state index is 9.97. The first kappa shape index (κ1) is 13.0. The van der Waals surface area contributed by atoms with Gasteiger partial charge in [0.2, 0.25) is 0 Å². The van der Waals surface area contributed by atoms with Crippen molar-refractivity contribution >= 4 is 5.69 Å². The van der Waals surface area contributed by atoms with Gasteiger partial charge in [-0.3, -0.25) is 0 Å². The molecule has 21 heavy (non-hydrogen) atoms. The molecule has 1 aromatic carbocycles. The molecule has 1 aromatic rings. The molecule has 4 fully saturated rings. The van der Waals surface area contributed by atoms with E-state index in [2.05, 4.69) is 11.4 Å². The van der Waals surface area contributed by atoms with Gasteiger partial charge in [0.05, 0.1) is 13.2 Å². The van der Waals surface area contributed by atoms with Crippen LogP contribution in [0.4, 0.5) is 5.69 Å². The second-order valence-electron chi connectivity index (χ2n) is 7.14. The lowest BCUT2D eigenvalue weighted by atomic mass is 9.49. The van der Waals surface area contributed by atoms with E-state index in [4.69, 9.17) is 4.74 Å². The summed E-state index contributed by atoms with van der Waals surface area (Å²) in [6.07, 6.45) is 6.37. The molecule has 4 bridgehead atoms. The molecule has 0 heterocycles. The molecule has 110 valence electrons. The summed E-state index contributed by atoms with van der Waals surface area (Å²) in [5.41, 5.74) is 0.701. The molecule has 0 amide bonds. The molecule has 0 atom stereocenters. The van der Waals surface area contributed by atoms with Crippen molar-refractivity contribution < 1.29 is 4.74 Å². The van der Waals surface area contributed by atoms with Gasteiger partial charge in [-0.05, 0) is 80.0 Å². The van der Waals surface area contributed by atoms with E-state index in [1.165, 1.54) is 32.1 Å². The number of nitriles is 1. The number of nitrogens with zero attached hydrogens (tertiary/aromatic N) is 1. The van der Waals surface area contributed by atoms with Crippen molar-refractivity contribution in [1.82, 2.24) is 0 Å². The molecule has 3 heteroatoms. The highest BCUT2D eigenvalue weighted by atomic mass is 16.5. The van der Waals surface area contributed by atoms with Crippen LogP contribution in [0.1, 0.15) is 32.1 Å². The minimum atomic E-state index is -0.345. The number of methoxy groups -OCH3 is 1. The van der Waals surface area contributed by atoms with Crippen LogP contribution < -0.4 is 10.1 Å². The van der Waals surface area contributed by atoms with Crippen LogP contribution in [0, 0.1) is 35.0 Å². The predicted molar refractivity (Wildman–Crippen MR) is 82.0 cm³/mol. The lowest BCUT2D eigenvalue weighted by Crippen LogP contribution is -2.61. The van der Waals surface area contributed by atoms with Gasteiger partial charge < -0.3 is 10.1 Å². The average molecular weight is 282 g/mol. The third-order valence-corrected chi connectivity index (χ3v) is 6.05. The quantitative estimate of drug-likeness (QED) is 0.916. The number of anilines is 1. The summed E-state index contributed by atoms with van der Waals surface area (Å²) >= 11 is 0. The summed E-state index contributed by atoms with van der Waals surface area (Å²) in [5, 5.41) is 13.6. The number of benzene rings is 1. The molecule has 4 saturated carbocycles. The van der Waals surface area contributed by atoms with Crippen molar-refractivity contribution in [2.75, 3.05) is 12.4 Å². The summed E-state index contributed by atoms with van der Waals surface area (Å²) in [6, 6.07) is 10.7. The van der Waals surface area contributed by atoms with E-state index in [-0.39, 0.29) is 5.54 Å². The van der Waals surface area contributed by atoms with E-state index < -0.39 is 0 Å². The average Bonchev–Trinajstić information content (AvgIpc) is 2.51. The van der Waals surface area contributed by atoms with E-state index in [9.17, 15) is 5.26 Å². The van der Waals surface area contributed by atoms with Gasteiger partial charge in [-0.1, -0.05) is 0 Å². The number of hydrogen-bond acceptors (Lipinski definition) is 3. The molecule has 4 aliphatic rings. The van der Waals surface area contributed by atoms with Gasteiger partial charge in [0.15, 0.2) is 0 Å². The van der Waals surface area contributed by atoms with Crippen LogP contribution in [-0.4, -0.2) is 12.6 Å². The molecule has 0 aliphatic heterocycles. The number of hydrogen-bond donors (Lipinski definition) is 1. The summed E-state index contributed by atoms with van der Waals surface area (Å²) in [7, 11) is 1.68. The standard InChI is InChI=1S/C18H22N2O/c1-21-17-4-2-16(3-5-17)20-18(11-19)14-7-12-6-13(9-14)10-15(18)8-12/h2-5,12-15,20H,6-10H2,1H3. The van der Waals surface area contributed by atoms with Crippen LogP contribution in [0.5, 0.6) is 5.75 Å². The highest BCUT2D eigenvalue weighted by molar-refractivity contribution is 5.51. The fraction of sp³-hybridized carbons (Fsp3) is 0.611. The molecule has 0 unspecified atom stereocenters. The Bertz CT molecular complexity index is 544. The third kappa shape index (κ3) is 1.92. The summed E-state index contributed by atoms with van der Waals surface area (Å²) in [4.78, 5) is 0. The van der Waals surface area contributed by atoms with Crippen LogP contribution in [0.25, 0.3) is 0 Å². The molecule has 0 saturated heterocycles. The largest absolute Gasteiger partial charge is 0.497 e. The van der Waals surface area contributed by atoms with Gasteiger partial charge >= 0.3 is 0 Å². The summed E-state index contributed by atoms with van der Waals surface area (Å²) in [5.74, 6) is 3.68. The first-order chi connectivity index (χ1) is 10.2. The molecule has 0 radical (unpaired) electrons. The van der Waals surface area contributed by atoms with Gasteiger partial charge in [0.1, 0.15) is 11.3 Å². The van der Waals surface area contributed by atoms with Crippen molar-refractivity contribution in [1.29, 1.82) is 5.26 Å². The van der Waals surface area contributed by atoms with E-state index >= 15 is 0 Å². The van der Waals surface area contributed by atoms with E-state index in [1.807, 2.05) is 24.3 Å². The van der Waals surface area contributed by atoms with Gasteiger partial charge in [-0.15, -0.1) is 0 Å². The second-order valence-corrected chi connectivity index (χ2v) is 7.14. The molecule has 1 N–H and O–H groups in total. The van der Waals surface area contributed by atoms with Crippen molar-refractivity contribution in [3.05, 3.63) is 24.3 Å². The molecular weight excluding hydrogens is 260 g/mol. The van der Waals surface area contributed by atoms with Crippen molar-refractivity contribution in [2.24, 2.45) is 23.7 Å². The Kier molecular flexibility index (Phi) is 2.89. The van der Waals surface area contributed by atoms with Crippen LogP contribution in [-0.2, 0) is 0 Å². The van der Waals surface area contributed by atoms with Crippen LogP contribution in [0.2, 0.25) is 0 Å². The van der Waals surface area contributed by atoms with E-state index in [1.54, 1.807) is 7.11 Å². The fourth-order valence-corrected chi connectivity index (χ4v) is 5.26. The molecular formula is C18H22N2O. The Labute approximate surface area is 126 Å².